The number of hydrogen-bond acceptors (Lipinski definition) is 2. The third kappa shape index (κ3) is 4.35. The summed E-state index contributed by atoms with van der Waals surface area (Å²) in [4.78, 5) is 0. The van der Waals surface area contributed by atoms with Crippen LogP contribution in [0.25, 0.3) is 0 Å². The Morgan fingerprint density at radius 1 is 1.47 bits per heavy atom. The average molecular weight is 211 g/mol. The van der Waals surface area contributed by atoms with Crippen LogP contribution in [0.5, 0.6) is 0 Å². The van der Waals surface area contributed by atoms with Crippen LogP contribution in [0.2, 0.25) is 0 Å². The van der Waals surface area contributed by atoms with E-state index in [-0.39, 0.29) is 5.60 Å². The molecule has 0 aromatic carbocycles. The van der Waals surface area contributed by atoms with Gasteiger partial charge in [0.15, 0.2) is 0 Å². The predicted molar refractivity (Wildman–Crippen MR) is 65.1 cm³/mol. The summed E-state index contributed by atoms with van der Waals surface area (Å²) in [5, 5.41) is 3.48. The van der Waals surface area contributed by atoms with Gasteiger partial charge < -0.3 is 10.1 Å². The summed E-state index contributed by atoms with van der Waals surface area (Å²) >= 11 is 0. The van der Waals surface area contributed by atoms with Gasteiger partial charge in [-0.15, -0.1) is 6.58 Å². The SMILES string of the molecule is C=CCOC1(CCNCC(C)C)CCC1. The van der Waals surface area contributed by atoms with Crippen LogP contribution < -0.4 is 5.32 Å². The topological polar surface area (TPSA) is 21.3 Å². The van der Waals surface area contributed by atoms with Crippen molar-refractivity contribution in [1.82, 2.24) is 5.32 Å². The summed E-state index contributed by atoms with van der Waals surface area (Å²) in [6, 6.07) is 0. The maximum Gasteiger partial charge on any atom is 0.0699 e. The molecule has 0 spiro atoms. The van der Waals surface area contributed by atoms with Crippen molar-refractivity contribution in [3.05, 3.63) is 12.7 Å². The Morgan fingerprint density at radius 2 is 2.20 bits per heavy atom. The molecule has 0 aromatic rings. The van der Waals surface area contributed by atoms with E-state index in [1.165, 1.54) is 19.3 Å². The summed E-state index contributed by atoms with van der Waals surface area (Å²) < 4.78 is 5.86. The standard InChI is InChI=1S/C13H25NO/c1-4-10-15-13(6-5-7-13)8-9-14-11-12(2)3/h4,12,14H,1,5-11H2,2-3H3. The van der Waals surface area contributed by atoms with E-state index in [9.17, 15) is 0 Å². The van der Waals surface area contributed by atoms with Crippen molar-refractivity contribution < 1.29 is 4.74 Å². The van der Waals surface area contributed by atoms with Gasteiger partial charge in [0, 0.05) is 0 Å². The third-order valence-corrected chi connectivity index (χ3v) is 3.08. The highest BCUT2D eigenvalue weighted by atomic mass is 16.5. The van der Waals surface area contributed by atoms with E-state index in [2.05, 4.69) is 25.7 Å². The van der Waals surface area contributed by atoms with Crippen LogP contribution in [0.1, 0.15) is 39.5 Å². The van der Waals surface area contributed by atoms with E-state index >= 15 is 0 Å². The summed E-state index contributed by atoms with van der Waals surface area (Å²) in [7, 11) is 0. The van der Waals surface area contributed by atoms with E-state index in [0.29, 0.717) is 6.61 Å². The maximum atomic E-state index is 5.86. The van der Waals surface area contributed by atoms with Gasteiger partial charge in [0.1, 0.15) is 0 Å². The molecule has 88 valence electrons. The Labute approximate surface area is 94.1 Å². The molecule has 1 saturated carbocycles. The van der Waals surface area contributed by atoms with Crippen molar-refractivity contribution in [1.29, 1.82) is 0 Å². The van der Waals surface area contributed by atoms with Crippen molar-refractivity contribution in [2.24, 2.45) is 5.92 Å². The van der Waals surface area contributed by atoms with Crippen LogP contribution in [-0.4, -0.2) is 25.3 Å². The van der Waals surface area contributed by atoms with Gasteiger partial charge in [-0.3, -0.25) is 0 Å². The molecule has 0 heterocycles. The first kappa shape index (κ1) is 12.7. The lowest BCUT2D eigenvalue weighted by Crippen LogP contribution is -2.43. The second-order valence-electron chi connectivity index (χ2n) is 4.98. The van der Waals surface area contributed by atoms with Crippen molar-refractivity contribution in [3.63, 3.8) is 0 Å². The second-order valence-corrected chi connectivity index (χ2v) is 4.98. The fourth-order valence-corrected chi connectivity index (χ4v) is 1.98. The van der Waals surface area contributed by atoms with Gasteiger partial charge in [-0.05, 0) is 44.7 Å². The molecule has 1 N–H and O–H groups in total. The molecule has 1 fully saturated rings. The molecule has 0 aromatic heterocycles. The van der Waals surface area contributed by atoms with Gasteiger partial charge in [0.25, 0.3) is 0 Å². The minimum atomic E-state index is 0.179. The average Bonchev–Trinajstić information content (AvgIpc) is 2.14. The van der Waals surface area contributed by atoms with Crippen molar-refractivity contribution in [2.45, 2.75) is 45.1 Å². The lowest BCUT2D eigenvalue weighted by Gasteiger charge is -2.41. The van der Waals surface area contributed by atoms with Crippen LogP contribution in [0.4, 0.5) is 0 Å². The second kappa shape index (κ2) is 6.29. The first-order chi connectivity index (χ1) is 7.18. The molecule has 1 rings (SSSR count). The monoisotopic (exact) mass is 211 g/mol. The quantitative estimate of drug-likeness (QED) is 0.492. The Morgan fingerprint density at radius 3 is 2.67 bits per heavy atom. The predicted octanol–water partition coefficient (Wildman–Crippen LogP) is 2.75. The Bertz CT molecular complexity index is 185. The van der Waals surface area contributed by atoms with Crippen LogP contribution >= 0.6 is 0 Å². The molecule has 0 radical (unpaired) electrons. The number of rotatable bonds is 8. The van der Waals surface area contributed by atoms with Gasteiger partial charge in [0.05, 0.1) is 12.2 Å². The number of hydrogen-bond donors (Lipinski definition) is 1. The summed E-state index contributed by atoms with van der Waals surface area (Å²) in [6.07, 6.45) is 6.77. The van der Waals surface area contributed by atoms with Gasteiger partial charge in [0.2, 0.25) is 0 Å². The maximum absolute atomic E-state index is 5.86. The molecule has 0 atom stereocenters. The first-order valence-electron chi connectivity index (χ1n) is 6.14. The zero-order valence-corrected chi connectivity index (χ0v) is 10.2. The van der Waals surface area contributed by atoms with Crippen LogP contribution in [0, 0.1) is 5.92 Å². The molecule has 0 bridgehead atoms. The zero-order chi connectivity index (χ0) is 11.1. The van der Waals surface area contributed by atoms with E-state index in [1.807, 2.05) is 6.08 Å². The lowest BCUT2D eigenvalue weighted by atomic mass is 9.77. The third-order valence-electron chi connectivity index (χ3n) is 3.08. The highest BCUT2D eigenvalue weighted by Gasteiger charge is 2.36. The lowest BCUT2D eigenvalue weighted by molar-refractivity contribution is -0.0930. The normalized spacial score (nSPS) is 18.9. The molecule has 2 nitrogen and oxygen atoms in total. The first-order valence-corrected chi connectivity index (χ1v) is 6.14. The van der Waals surface area contributed by atoms with E-state index < -0.39 is 0 Å². The smallest absolute Gasteiger partial charge is 0.0699 e. The Kier molecular flexibility index (Phi) is 5.34. The Balaban J connectivity index is 2.13. The highest BCUT2D eigenvalue weighted by Crippen LogP contribution is 2.38. The molecule has 0 saturated heterocycles. The highest BCUT2D eigenvalue weighted by molar-refractivity contribution is 4.91. The van der Waals surface area contributed by atoms with Crippen molar-refractivity contribution >= 4 is 0 Å². The fraction of sp³-hybridized carbons (Fsp3) is 0.846. The molecule has 1 aliphatic rings. The molecular weight excluding hydrogens is 186 g/mol. The molecule has 1 aliphatic carbocycles. The summed E-state index contributed by atoms with van der Waals surface area (Å²) in [5.41, 5.74) is 0.179. The van der Waals surface area contributed by atoms with E-state index in [0.717, 1.165) is 25.4 Å². The minimum absolute atomic E-state index is 0.179. The van der Waals surface area contributed by atoms with Crippen LogP contribution in [0.15, 0.2) is 12.7 Å². The van der Waals surface area contributed by atoms with Gasteiger partial charge in [-0.2, -0.15) is 0 Å². The van der Waals surface area contributed by atoms with Crippen molar-refractivity contribution in [2.75, 3.05) is 19.7 Å². The van der Waals surface area contributed by atoms with E-state index in [1.54, 1.807) is 0 Å². The minimum Gasteiger partial charge on any atom is -0.371 e. The zero-order valence-electron chi connectivity index (χ0n) is 10.2. The van der Waals surface area contributed by atoms with Gasteiger partial charge >= 0.3 is 0 Å². The molecule has 15 heavy (non-hydrogen) atoms. The van der Waals surface area contributed by atoms with Crippen LogP contribution in [0.3, 0.4) is 0 Å². The van der Waals surface area contributed by atoms with Gasteiger partial charge in [-0.25, -0.2) is 0 Å². The largest absolute Gasteiger partial charge is 0.371 e. The van der Waals surface area contributed by atoms with Crippen molar-refractivity contribution in [3.8, 4) is 0 Å². The number of ether oxygens (including phenoxy) is 1. The molecule has 0 aliphatic heterocycles. The molecule has 2 heteroatoms. The fourth-order valence-electron chi connectivity index (χ4n) is 1.98. The molecule has 0 unspecified atom stereocenters. The Hall–Kier alpha value is -0.340. The van der Waals surface area contributed by atoms with Gasteiger partial charge in [-0.1, -0.05) is 19.9 Å². The molecular formula is C13H25NO. The molecule has 0 amide bonds. The summed E-state index contributed by atoms with van der Waals surface area (Å²) in [6.45, 7) is 11.1. The number of nitrogens with one attached hydrogen (secondary N) is 1. The van der Waals surface area contributed by atoms with Crippen LogP contribution in [-0.2, 0) is 4.74 Å². The summed E-state index contributed by atoms with van der Waals surface area (Å²) in [5.74, 6) is 0.733. The van der Waals surface area contributed by atoms with E-state index in [4.69, 9.17) is 4.74 Å².